The van der Waals surface area contributed by atoms with Crippen molar-refractivity contribution in [1.82, 2.24) is 0 Å². The lowest BCUT2D eigenvalue weighted by molar-refractivity contribution is 0.0333. The molecular formula is C26H42O2Si2. The third-order valence-corrected chi connectivity index (χ3v) is 15.9. The van der Waals surface area contributed by atoms with Gasteiger partial charge in [-0.05, 0) is 47.4 Å². The van der Waals surface area contributed by atoms with Gasteiger partial charge in [-0.3, -0.25) is 0 Å². The van der Waals surface area contributed by atoms with Crippen LogP contribution < -0.4 is 0 Å². The van der Waals surface area contributed by atoms with E-state index in [1.165, 1.54) is 11.1 Å². The van der Waals surface area contributed by atoms with Crippen LogP contribution in [0.1, 0.15) is 64.9 Å². The van der Waals surface area contributed by atoms with Crippen molar-refractivity contribution in [2.45, 2.75) is 90.0 Å². The normalized spacial score (nSPS) is 15.7. The first kappa shape index (κ1) is 25.1. The number of benzene rings is 2. The largest absolute Gasteiger partial charge is 0.407 e. The Balaban J connectivity index is 2.61. The van der Waals surface area contributed by atoms with Gasteiger partial charge in [0.25, 0.3) is 0 Å². The Bertz CT molecular complexity index is 718. The molecule has 0 N–H and O–H groups in total. The molecule has 0 spiro atoms. The summed E-state index contributed by atoms with van der Waals surface area (Å²) in [6.45, 7) is 23.1. The molecule has 0 heterocycles. The molecule has 0 radical (unpaired) electrons. The highest BCUT2D eigenvalue weighted by molar-refractivity contribution is 6.74. The molecule has 0 aromatic heterocycles. The van der Waals surface area contributed by atoms with Crippen LogP contribution >= 0.6 is 0 Å². The van der Waals surface area contributed by atoms with Gasteiger partial charge >= 0.3 is 0 Å². The van der Waals surface area contributed by atoms with Gasteiger partial charge in [0.05, 0.1) is 12.2 Å². The van der Waals surface area contributed by atoms with Gasteiger partial charge in [-0.15, -0.1) is 0 Å². The van der Waals surface area contributed by atoms with Crippen LogP contribution in [0.2, 0.25) is 36.3 Å². The third-order valence-electron chi connectivity index (χ3n) is 6.99. The minimum Gasteiger partial charge on any atom is -0.407 e. The van der Waals surface area contributed by atoms with Crippen molar-refractivity contribution in [3.05, 3.63) is 71.8 Å². The molecule has 0 aliphatic heterocycles. The molecular weight excluding hydrogens is 400 g/mol. The zero-order valence-electron chi connectivity index (χ0n) is 20.7. The summed E-state index contributed by atoms with van der Waals surface area (Å²) in [7, 11) is -4.06. The lowest BCUT2D eigenvalue weighted by Crippen LogP contribution is -2.46. The SMILES string of the molecule is CC(C)(C)[Si](C)(C)O[C@H](c1ccccc1)[C@@H](O[Si](C)(C)C(C)(C)C)c1ccccc1. The van der Waals surface area contributed by atoms with Gasteiger partial charge in [0.15, 0.2) is 16.6 Å². The Kier molecular flexibility index (Phi) is 7.61. The predicted molar refractivity (Wildman–Crippen MR) is 135 cm³/mol. The van der Waals surface area contributed by atoms with Crippen LogP contribution in [0.5, 0.6) is 0 Å². The molecule has 0 aliphatic rings. The predicted octanol–water partition coefficient (Wildman–Crippen LogP) is 8.51. The summed E-state index contributed by atoms with van der Waals surface area (Å²) in [5.74, 6) is 0. The first-order valence-corrected chi connectivity index (χ1v) is 16.9. The third kappa shape index (κ3) is 5.94. The molecule has 0 fully saturated rings. The number of hydrogen-bond acceptors (Lipinski definition) is 2. The number of hydrogen-bond donors (Lipinski definition) is 0. The summed E-state index contributed by atoms with van der Waals surface area (Å²) in [5, 5.41) is 0.247. The highest BCUT2D eigenvalue weighted by Gasteiger charge is 2.45. The van der Waals surface area contributed by atoms with Crippen LogP contribution in [0.25, 0.3) is 0 Å². The van der Waals surface area contributed by atoms with E-state index in [2.05, 4.69) is 128 Å². The van der Waals surface area contributed by atoms with Gasteiger partial charge in [-0.2, -0.15) is 0 Å². The topological polar surface area (TPSA) is 18.5 Å². The summed E-state index contributed by atoms with van der Waals surface area (Å²) in [6.07, 6.45) is -0.271. The Morgan fingerprint density at radius 2 is 0.800 bits per heavy atom. The molecule has 2 aromatic rings. The minimum atomic E-state index is -2.03. The van der Waals surface area contributed by atoms with Crippen molar-refractivity contribution in [1.29, 1.82) is 0 Å². The molecule has 0 bridgehead atoms. The van der Waals surface area contributed by atoms with Gasteiger partial charge < -0.3 is 8.85 Å². The van der Waals surface area contributed by atoms with Crippen molar-refractivity contribution >= 4 is 16.6 Å². The van der Waals surface area contributed by atoms with Crippen molar-refractivity contribution in [3.8, 4) is 0 Å². The van der Waals surface area contributed by atoms with E-state index in [9.17, 15) is 0 Å². The average molecular weight is 443 g/mol. The van der Waals surface area contributed by atoms with E-state index in [-0.39, 0.29) is 22.3 Å². The molecule has 2 atom stereocenters. The van der Waals surface area contributed by atoms with Crippen LogP contribution in [0.15, 0.2) is 60.7 Å². The van der Waals surface area contributed by atoms with Gasteiger partial charge in [0.1, 0.15) is 0 Å². The second kappa shape index (κ2) is 9.11. The van der Waals surface area contributed by atoms with Gasteiger partial charge in [-0.1, -0.05) is 102 Å². The standard InChI is InChI=1S/C26H42O2Si2/c1-25(2,3)29(7,8)27-23(21-17-13-11-14-18-21)24(22-19-15-12-16-20-22)28-30(9,10)26(4,5)6/h11-20,23-24H,1-10H3/t23-,24+. The fraction of sp³-hybridized carbons (Fsp3) is 0.538. The summed E-state index contributed by atoms with van der Waals surface area (Å²) in [6, 6.07) is 21.3. The second-order valence-corrected chi connectivity index (χ2v) is 20.9. The maximum Gasteiger partial charge on any atom is 0.193 e. The van der Waals surface area contributed by atoms with E-state index in [1.807, 2.05) is 0 Å². The smallest absolute Gasteiger partial charge is 0.193 e. The number of rotatable bonds is 7. The van der Waals surface area contributed by atoms with Crippen molar-refractivity contribution in [2.24, 2.45) is 0 Å². The molecule has 2 aromatic carbocycles. The molecule has 4 heteroatoms. The highest BCUT2D eigenvalue weighted by Crippen LogP contribution is 2.47. The summed E-state index contributed by atoms with van der Waals surface area (Å²) >= 11 is 0. The van der Waals surface area contributed by atoms with Gasteiger partial charge in [-0.25, -0.2) is 0 Å². The Morgan fingerprint density at radius 1 is 0.533 bits per heavy atom. The molecule has 30 heavy (non-hydrogen) atoms. The molecule has 2 rings (SSSR count). The summed E-state index contributed by atoms with van der Waals surface area (Å²) in [5.41, 5.74) is 2.38. The van der Waals surface area contributed by atoms with E-state index in [4.69, 9.17) is 8.85 Å². The van der Waals surface area contributed by atoms with Crippen LogP contribution in [-0.2, 0) is 8.85 Å². The van der Waals surface area contributed by atoms with Crippen LogP contribution in [-0.4, -0.2) is 16.6 Å². The van der Waals surface area contributed by atoms with Gasteiger partial charge in [0, 0.05) is 0 Å². The Labute approximate surface area is 187 Å². The first-order chi connectivity index (χ1) is 13.7. The van der Waals surface area contributed by atoms with Crippen LogP contribution in [0, 0.1) is 0 Å². The fourth-order valence-electron chi connectivity index (χ4n) is 2.88. The van der Waals surface area contributed by atoms with Crippen molar-refractivity contribution in [2.75, 3.05) is 0 Å². The van der Waals surface area contributed by atoms with E-state index >= 15 is 0 Å². The molecule has 166 valence electrons. The summed E-state index contributed by atoms with van der Waals surface area (Å²) < 4.78 is 14.2. The van der Waals surface area contributed by atoms with E-state index in [0.29, 0.717) is 0 Å². The average Bonchev–Trinajstić information content (AvgIpc) is 2.64. The van der Waals surface area contributed by atoms with Crippen LogP contribution in [0.3, 0.4) is 0 Å². The monoisotopic (exact) mass is 442 g/mol. The van der Waals surface area contributed by atoms with Crippen molar-refractivity contribution in [3.63, 3.8) is 0 Å². The van der Waals surface area contributed by atoms with Gasteiger partial charge in [0.2, 0.25) is 0 Å². The molecule has 2 nitrogen and oxygen atoms in total. The second-order valence-electron chi connectivity index (χ2n) is 11.4. The molecule has 0 saturated heterocycles. The fourth-order valence-corrected chi connectivity index (χ4v) is 5.38. The molecule has 0 amide bonds. The highest BCUT2D eigenvalue weighted by atomic mass is 28.4. The van der Waals surface area contributed by atoms with Crippen molar-refractivity contribution < 1.29 is 8.85 Å². The molecule has 0 saturated carbocycles. The lowest BCUT2D eigenvalue weighted by Gasteiger charge is -2.45. The molecule has 0 aliphatic carbocycles. The first-order valence-electron chi connectivity index (χ1n) is 11.1. The van der Waals surface area contributed by atoms with E-state index in [1.54, 1.807) is 0 Å². The maximum absolute atomic E-state index is 7.10. The maximum atomic E-state index is 7.10. The lowest BCUT2D eigenvalue weighted by atomic mass is 9.98. The zero-order chi connectivity index (χ0) is 22.8. The quantitative estimate of drug-likeness (QED) is 0.400. The summed E-state index contributed by atoms with van der Waals surface area (Å²) in [4.78, 5) is 0. The Morgan fingerprint density at radius 3 is 1.03 bits per heavy atom. The molecule has 0 unspecified atom stereocenters. The minimum absolute atomic E-state index is 0.123. The zero-order valence-corrected chi connectivity index (χ0v) is 22.7. The van der Waals surface area contributed by atoms with E-state index in [0.717, 1.165) is 0 Å². The van der Waals surface area contributed by atoms with E-state index < -0.39 is 16.6 Å². The Hall–Kier alpha value is -1.21. The van der Waals surface area contributed by atoms with Crippen LogP contribution in [0.4, 0.5) is 0 Å².